The normalized spacial score (nSPS) is 17.1. The number of esters is 4. The number of amides is 1. The van der Waals surface area contributed by atoms with Crippen LogP contribution in [0.25, 0.3) is 0 Å². The fourth-order valence-electron chi connectivity index (χ4n) is 5.53. The van der Waals surface area contributed by atoms with E-state index in [-0.39, 0.29) is 62.5 Å². The molecule has 1 N–H and O–H groups in total. The Morgan fingerprint density at radius 2 is 0.846 bits per heavy atom. The lowest BCUT2D eigenvalue weighted by atomic mass is 10.2. The summed E-state index contributed by atoms with van der Waals surface area (Å²) in [6, 6.07) is 0. The van der Waals surface area contributed by atoms with Gasteiger partial charge in [-0.05, 0) is 89.0 Å². The van der Waals surface area contributed by atoms with Gasteiger partial charge in [-0.1, -0.05) is 13.8 Å². The van der Waals surface area contributed by atoms with Gasteiger partial charge >= 0.3 is 23.9 Å². The van der Waals surface area contributed by atoms with Crippen LogP contribution in [0.15, 0.2) is 0 Å². The third-order valence-corrected chi connectivity index (χ3v) is 7.43. The van der Waals surface area contributed by atoms with E-state index in [9.17, 15) is 24.0 Å². The molecule has 0 aromatic carbocycles. The van der Waals surface area contributed by atoms with Crippen molar-refractivity contribution in [1.82, 2.24) is 19.6 Å². The molecular formula is C38H72N5O9+. The van der Waals surface area contributed by atoms with Crippen molar-refractivity contribution < 1.29 is 47.8 Å². The molecule has 0 atom stereocenters. The number of hydrogen-bond acceptors (Lipinski definition) is 12. The van der Waals surface area contributed by atoms with Crippen molar-refractivity contribution in [3.8, 4) is 0 Å². The molecule has 14 heteroatoms. The summed E-state index contributed by atoms with van der Waals surface area (Å²) in [5, 5.41) is 0. The van der Waals surface area contributed by atoms with Crippen molar-refractivity contribution in [1.29, 1.82) is 0 Å². The third-order valence-electron chi connectivity index (χ3n) is 7.43. The molecule has 14 nitrogen and oxygen atoms in total. The largest absolute Gasteiger partial charge is 0.459 e. The second kappa shape index (κ2) is 20.6. The van der Waals surface area contributed by atoms with Crippen LogP contribution in [0.1, 0.15) is 96.9 Å². The highest BCUT2D eigenvalue weighted by Gasteiger charge is 2.29. The Morgan fingerprint density at radius 3 is 1.15 bits per heavy atom. The highest BCUT2D eigenvalue weighted by Crippen LogP contribution is 2.12. The van der Waals surface area contributed by atoms with Gasteiger partial charge in [-0.25, -0.2) is 0 Å². The second-order valence-corrected chi connectivity index (χ2v) is 18.3. The molecule has 0 aliphatic carbocycles. The molecule has 1 amide bonds. The summed E-state index contributed by atoms with van der Waals surface area (Å²) in [7, 11) is 0. The first kappa shape index (κ1) is 47.2. The number of carbonyl (C=O) groups excluding carboxylic acids is 5. The van der Waals surface area contributed by atoms with Gasteiger partial charge in [0.1, 0.15) is 28.9 Å². The fraction of sp³-hybridized carbons (Fsp3) is 0.868. The number of hydrogen-bond donors (Lipinski definition) is 1. The van der Waals surface area contributed by atoms with Crippen LogP contribution in [0.2, 0.25) is 0 Å². The number of nitrogens with one attached hydrogen (secondary N) is 1. The summed E-state index contributed by atoms with van der Waals surface area (Å²) in [6.45, 7) is 30.0. The molecule has 1 aliphatic heterocycles. The molecule has 1 saturated heterocycles. The van der Waals surface area contributed by atoms with Gasteiger partial charge in [-0.2, -0.15) is 0 Å². The summed E-state index contributed by atoms with van der Waals surface area (Å²) in [4.78, 5) is 74.1. The van der Waals surface area contributed by atoms with Gasteiger partial charge in [-0.3, -0.25) is 38.7 Å². The van der Waals surface area contributed by atoms with Crippen molar-refractivity contribution in [2.75, 3.05) is 91.6 Å². The standard InChI is InChI=1S/C38H71N5O9/c1-29(2)23-43(28-34(48)52-38(12,13)14)30(44)24-39-15-17-40(25-31(45)49-35(3,4)5)19-21-42(27-33(47)51-37(9,10)11)22-20-41(18-16-39)26-32(46)50-36(6,7)8/h29H,15-28H2,1-14H3/p+1. The third kappa shape index (κ3) is 23.7. The maximum atomic E-state index is 13.9. The number of ether oxygens (including phenoxy) is 4. The van der Waals surface area contributed by atoms with Crippen LogP contribution in [-0.4, -0.2) is 163 Å². The lowest BCUT2D eigenvalue weighted by molar-refractivity contribution is -0.891. The lowest BCUT2D eigenvalue weighted by Gasteiger charge is -2.34. The molecule has 1 fully saturated rings. The SMILES string of the molecule is CC(C)CN(CC(=O)OC(C)(C)C)C(=O)C[NH+]1CCN(CC(=O)OC(C)(C)C)CCN(CC(=O)OC(C)(C)C)CCN(CC(=O)OC(C)(C)C)CC1. The Hall–Kier alpha value is -2.81. The van der Waals surface area contributed by atoms with Crippen LogP contribution in [0.4, 0.5) is 0 Å². The first-order valence-corrected chi connectivity index (χ1v) is 18.7. The quantitative estimate of drug-likeness (QED) is 0.230. The van der Waals surface area contributed by atoms with Crippen LogP contribution in [0.5, 0.6) is 0 Å². The Balaban J connectivity index is 3.40. The van der Waals surface area contributed by atoms with E-state index < -0.39 is 28.4 Å². The molecular weight excluding hydrogens is 670 g/mol. The van der Waals surface area contributed by atoms with E-state index in [2.05, 4.69) is 0 Å². The summed E-state index contributed by atoms with van der Waals surface area (Å²) in [5.41, 5.74) is -2.62. The zero-order valence-electron chi connectivity index (χ0n) is 34.9. The van der Waals surface area contributed by atoms with Crippen molar-refractivity contribution in [3.05, 3.63) is 0 Å². The maximum Gasteiger partial charge on any atom is 0.326 e. The van der Waals surface area contributed by atoms with Gasteiger partial charge in [0.25, 0.3) is 5.91 Å². The molecule has 0 bridgehead atoms. The van der Waals surface area contributed by atoms with E-state index in [0.717, 1.165) is 4.90 Å². The Labute approximate surface area is 313 Å². The van der Waals surface area contributed by atoms with Crippen molar-refractivity contribution in [2.24, 2.45) is 5.92 Å². The predicted octanol–water partition coefficient (Wildman–Crippen LogP) is 1.64. The van der Waals surface area contributed by atoms with Crippen molar-refractivity contribution in [3.63, 3.8) is 0 Å². The smallest absolute Gasteiger partial charge is 0.326 e. The lowest BCUT2D eigenvalue weighted by Crippen LogP contribution is -3.14. The van der Waals surface area contributed by atoms with Crippen LogP contribution < -0.4 is 4.90 Å². The van der Waals surface area contributed by atoms with Gasteiger partial charge in [0.05, 0.1) is 32.7 Å². The first-order valence-electron chi connectivity index (χ1n) is 18.7. The van der Waals surface area contributed by atoms with Gasteiger partial charge in [-0.15, -0.1) is 0 Å². The zero-order valence-corrected chi connectivity index (χ0v) is 34.9. The summed E-state index contributed by atoms with van der Waals surface area (Å²) in [5.74, 6) is -1.59. The van der Waals surface area contributed by atoms with E-state index >= 15 is 0 Å². The average Bonchev–Trinajstić information content (AvgIpc) is 2.89. The highest BCUT2D eigenvalue weighted by atomic mass is 16.6. The molecule has 52 heavy (non-hydrogen) atoms. The average molecular weight is 743 g/mol. The van der Waals surface area contributed by atoms with Crippen LogP contribution in [-0.2, 0) is 42.9 Å². The molecule has 0 unspecified atom stereocenters. The summed E-state index contributed by atoms with van der Waals surface area (Å²) >= 11 is 0. The molecule has 0 aromatic rings. The van der Waals surface area contributed by atoms with E-state index in [0.29, 0.717) is 58.9 Å². The molecule has 302 valence electrons. The minimum atomic E-state index is -0.677. The minimum absolute atomic E-state index is 0.0433. The molecule has 0 aromatic heterocycles. The van der Waals surface area contributed by atoms with E-state index in [4.69, 9.17) is 18.9 Å². The highest BCUT2D eigenvalue weighted by molar-refractivity contribution is 5.82. The maximum absolute atomic E-state index is 13.9. The topological polar surface area (TPSA) is 140 Å². The Kier molecular flexibility index (Phi) is 18.7. The monoisotopic (exact) mass is 743 g/mol. The molecule has 1 rings (SSSR count). The van der Waals surface area contributed by atoms with Gasteiger partial charge in [0, 0.05) is 45.8 Å². The Bertz CT molecular complexity index is 1120. The van der Waals surface area contributed by atoms with Crippen molar-refractivity contribution >= 4 is 29.8 Å². The van der Waals surface area contributed by atoms with Gasteiger partial charge in [0.2, 0.25) is 0 Å². The molecule has 1 aliphatic rings. The van der Waals surface area contributed by atoms with E-state index in [1.54, 1.807) is 25.7 Å². The number of quaternary nitrogens is 1. The second-order valence-electron chi connectivity index (χ2n) is 18.3. The van der Waals surface area contributed by atoms with Gasteiger partial charge in [0.15, 0.2) is 6.54 Å². The molecule has 0 spiro atoms. The number of carbonyl (C=O) groups is 5. The van der Waals surface area contributed by atoms with Crippen LogP contribution in [0, 0.1) is 5.92 Å². The predicted molar refractivity (Wildman–Crippen MR) is 200 cm³/mol. The zero-order chi connectivity index (χ0) is 40.1. The first-order chi connectivity index (χ1) is 23.6. The number of rotatable bonds is 12. The minimum Gasteiger partial charge on any atom is -0.459 e. The van der Waals surface area contributed by atoms with E-state index in [1.807, 2.05) is 90.9 Å². The van der Waals surface area contributed by atoms with Gasteiger partial charge < -0.3 is 28.7 Å². The summed E-state index contributed by atoms with van der Waals surface area (Å²) in [6.07, 6.45) is 0. The molecule has 0 radical (unpaired) electrons. The van der Waals surface area contributed by atoms with E-state index in [1.165, 1.54) is 0 Å². The number of nitrogens with zero attached hydrogens (tertiary/aromatic N) is 4. The fourth-order valence-corrected chi connectivity index (χ4v) is 5.53. The molecule has 0 saturated carbocycles. The van der Waals surface area contributed by atoms with Crippen molar-refractivity contribution in [2.45, 2.75) is 119 Å². The molecule has 1 heterocycles. The Morgan fingerprint density at radius 1 is 0.538 bits per heavy atom. The van der Waals surface area contributed by atoms with Crippen LogP contribution >= 0.6 is 0 Å². The summed E-state index contributed by atoms with van der Waals surface area (Å²) < 4.78 is 22.5. The van der Waals surface area contributed by atoms with Crippen LogP contribution in [0.3, 0.4) is 0 Å².